The first-order chi connectivity index (χ1) is 14.8. The van der Waals surface area contributed by atoms with Crippen molar-refractivity contribution in [2.75, 3.05) is 39.6 Å². The summed E-state index contributed by atoms with van der Waals surface area (Å²) in [5.41, 5.74) is 6.72. The smallest absolute Gasteiger partial charge is 0.122 e. The van der Waals surface area contributed by atoms with Gasteiger partial charge in [-0.2, -0.15) is 0 Å². The Balaban J connectivity index is 2.16. The van der Waals surface area contributed by atoms with Crippen LogP contribution >= 0.6 is 0 Å². The molecule has 178 valence electrons. The second-order valence-electron chi connectivity index (χ2n) is 8.18. The molecule has 0 aromatic heterocycles. The lowest BCUT2D eigenvalue weighted by molar-refractivity contribution is -0.0606. The lowest BCUT2D eigenvalue weighted by atomic mass is 10.1. The number of allylic oxidation sites excluding steroid dienone is 1. The van der Waals surface area contributed by atoms with Gasteiger partial charge in [-0.1, -0.05) is 24.3 Å². The van der Waals surface area contributed by atoms with Gasteiger partial charge in [0.1, 0.15) is 18.5 Å². The molecule has 0 fully saturated rings. The highest BCUT2D eigenvalue weighted by atomic mass is 16.6. The average molecular weight is 439 g/mol. The number of aliphatic hydroxyl groups excluding tert-OH is 1. The molecule has 7 heteroatoms. The molecule has 0 amide bonds. The van der Waals surface area contributed by atoms with E-state index in [1.807, 2.05) is 58.0 Å². The van der Waals surface area contributed by atoms with Crippen LogP contribution in [0.2, 0.25) is 0 Å². The number of hydrogen-bond acceptors (Lipinski definition) is 7. The van der Waals surface area contributed by atoms with E-state index in [0.717, 1.165) is 17.7 Å². The Hall–Kier alpha value is -1.48. The highest BCUT2D eigenvalue weighted by Crippen LogP contribution is 2.18. The number of aliphatic hydroxyl groups is 1. The molecule has 0 heterocycles. The average Bonchev–Trinajstić information content (AvgIpc) is 2.74. The van der Waals surface area contributed by atoms with Crippen molar-refractivity contribution in [1.82, 2.24) is 5.32 Å². The molecule has 1 aromatic rings. The highest BCUT2D eigenvalue weighted by molar-refractivity contribution is 5.34. The molecule has 0 bridgehead atoms. The number of benzene rings is 1. The number of nitrogens with two attached hydrogens (primary N) is 1. The highest BCUT2D eigenvalue weighted by Gasteiger charge is 2.12. The van der Waals surface area contributed by atoms with Crippen LogP contribution in [0.5, 0.6) is 5.75 Å². The van der Waals surface area contributed by atoms with Crippen molar-refractivity contribution in [3.63, 3.8) is 0 Å². The largest absolute Gasteiger partial charge is 0.491 e. The van der Waals surface area contributed by atoms with Gasteiger partial charge in [0.2, 0.25) is 0 Å². The minimum atomic E-state index is -0.614. The summed E-state index contributed by atoms with van der Waals surface area (Å²) in [6.45, 7) is 14.4. The normalized spacial score (nSPS) is 16.3. The topological polar surface area (TPSA) is 95.2 Å². The molecule has 0 saturated carbocycles. The molecule has 1 aromatic carbocycles. The molecule has 0 radical (unpaired) electrons. The zero-order chi connectivity index (χ0) is 23.1. The van der Waals surface area contributed by atoms with Gasteiger partial charge in [-0.15, -0.1) is 6.58 Å². The number of ether oxygens (including phenoxy) is 4. The molecule has 5 atom stereocenters. The van der Waals surface area contributed by atoms with Crippen LogP contribution in [0.1, 0.15) is 33.3 Å². The van der Waals surface area contributed by atoms with Crippen LogP contribution in [0, 0.1) is 0 Å². The van der Waals surface area contributed by atoms with Gasteiger partial charge in [0, 0.05) is 18.6 Å². The van der Waals surface area contributed by atoms with E-state index in [4.69, 9.17) is 24.7 Å². The van der Waals surface area contributed by atoms with Crippen LogP contribution in [0.15, 0.2) is 36.9 Å². The van der Waals surface area contributed by atoms with Gasteiger partial charge in [0.15, 0.2) is 0 Å². The molecule has 0 aliphatic rings. The molecule has 0 aliphatic carbocycles. The van der Waals surface area contributed by atoms with Gasteiger partial charge in [0.25, 0.3) is 0 Å². The maximum Gasteiger partial charge on any atom is 0.122 e. The van der Waals surface area contributed by atoms with Crippen molar-refractivity contribution in [3.8, 4) is 5.75 Å². The predicted octanol–water partition coefficient (Wildman–Crippen LogP) is 2.31. The van der Waals surface area contributed by atoms with E-state index in [1.54, 1.807) is 0 Å². The van der Waals surface area contributed by atoms with Gasteiger partial charge in [0.05, 0.1) is 38.6 Å². The Bertz CT molecular complexity index is 599. The summed E-state index contributed by atoms with van der Waals surface area (Å²) in [5, 5.41) is 13.5. The van der Waals surface area contributed by atoms with E-state index < -0.39 is 6.10 Å². The fourth-order valence-electron chi connectivity index (χ4n) is 2.73. The van der Waals surface area contributed by atoms with Crippen molar-refractivity contribution in [2.45, 2.75) is 64.5 Å². The zero-order valence-electron chi connectivity index (χ0n) is 19.6. The number of hydrogen-bond donors (Lipinski definition) is 3. The van der Waals surface area contributed by atoms with E-state index in [1.165, 1.54) is 0 Å². The Morgan fingerprint density at radius 1 is 1.00 bits per heavy atom. The van der Waals surface area contributed by atoms with Crippen LogP contribution in [-0.2, 0) is 20.6 Å². The standard InChI is InChI=1S/C24H42N2O5/c1-6-9-22-10-7-8-11-24(22)31-17-23(27)12-26-19(3)14-29-21(5)16-30-20(4)15-28-13-18(2)25/h6-8,10-11,18-21,23,26-27H,1,9,12-17,25H2,2-5H3. The number of rotatable bonds is 18. The van der Waals surface area contributed by atoms with Gasteiger partial charge < -0.3 is 35.1 Å². The van der Waals surface area contributed by atoms with E-state index in [2.05, 4.69) is 11.9 Å². The molecule has 1 rings (SSSR count). The predicted molar refractivity (Wildman–Crippen MR) is 125 cm³/mol. The first-order valence-corrected chi connectivity index (χ1v) is 11.1. The van der Waals surface area contributed by atoms with Crippen LogP contribution < -0.4 is 15.8 Å². The van der Waals surface area contributed by atoms with Crippen molar-refractivity contribution < 1.29 is 24.1 Å². The molecule has 5 unspecified atom stereocenters. The van der Waals surface area contributed by atoms with Crippen LogP contribution in [0.25, 0.3) is 0 Å². The Labute approximate surface area is 187 Å². The molecular weight excluding hydrogens is 396 g/mol. The van der Waals surface area contributed by atoms with E-state index in [-0.39, 0.29) is 30.9 Å². The summed E-state index contributed by atoms with van der Waals surface area (Å²) in [6.07, 6.45) is 1.92. The molecule has 31 heavy (non-hydrogen) atoms. The van der Waals surface area contributed by atoms with E-state index >= 15 is 0 Å². The summed E-state index contributed by atoms with van der Waals surface area (Å²) in [4.78, 5) is 0. The lowest BCUT2D eigenvalue weighted by Crippen LogP contribution is -2.39. The first kappa shape index (κ1) is 27.6. The van der Waals surface area contributed by atoms with Gasteiger partial charge in [-0.05, 0) is 45.7 Å². The van der Waals surface area contributed by atoms with Crippen molar-refractivity contribution in [3.05, 3.63) is 42.5 Å². The van der Waals surface area contributed by atoms with E-state index in [0.29, 0.717) is 33.0 Å². The maximum absolute atomic E-state index is 10.2. The van der Waals surface area contributed by atoms with Crippen LogP contribution in [-0.4, -0.2) is 75.1 Å². The van der Waals surface area contributed by atoms with Crippen molar-refractivity contribution in [1.29, 1.82) is 0 Å². The summed E-state index contributed by atoms with van der Waals surface area (Å²) in [6, 6.07) is 7.92. The molecule has 0 aliphatic heterocycles. The summed E-state index contributed by atoms with van der Waals surface area (Å²) >= 11 is 0. The lowest BCUT2D eigenvalue weighted by Gasteiger charge is -2.21. The van der Waals surface area contributed by atoms with E-state index in [9.17, 15) is 5.11 Å². The Morgan fingerprint density at radius 3 is 2.39 bits per heavy atom. The number of para-hydroxylation sites is 1. The third-order valence-electron chi connectivity index (χ3n) is 4.45. The fraction of sp³-hybridized carbons (Fsp3) is 0.667. The van der Waals surface area contributed by atoms with Crippen molar-refractivity contribution >= 4 is 0 Å². The van der Waals surface area contributed by atoms with Gasteiger partial charge in [-0.3, -0.25) is 0 Å². The molecular formula is C24H42N2O5. The maximum atomic E-state index is 10.2. The molecule has 4 N–H and O–H groups in total. The monoisotopic (exact) mass is 438 g/mol. The Morgan fingerprint density at radius 2 is 1.68 bits per heavy atom. The first-order valence-electron chi connectivity index (χ1n) is 11.1. The second-order valence-corrected chi connectivity index (χ2v) is 8.18. The quantitative estimate of drug-likeness (QED) is 0.303. The zero-order valence-corrected chi connectivity index (χ0v) is 19.6. The minimum absolute atomic E-state index is 0.00731. The van der Waals surface area contributed by atoms with Crippen molar-refractivity contribution in [2.24, 2.45) is 5.73 Å². The summed E-state index contributed by atoms with van der Waals surface area (Å²) in [5.74, 6) is 0.781. The third-order valence-corrected chi connectivity index (χ3v) is 4.45. The SMILES string of the molecule is C=CCc1ccccc1OCC(O)CNC(C)COC(C)COC(C)COCC(C)N. The Kier molecular flexibility index (Phi) is 14.4. The molecule has 7 nitrogen and oxygen atoms in total. The third kappa shape index (κ3) is 13.5. The summed E-state index contributed by atoms with van der Waals surface area (Å²) < 4.78 is 22.8. The second kappa shape index (κ2) is 16.2. The van der Waals surface area contributed by atoms with Gasteiger partial charge >= 0.3 is 0 Å². The number of nitrogens with one attached hydrogen (secondary N) is 1. The molecule has 0 saturated heterocycles. The minimum Gasteiger partial charge on any atom is -0.491 e. The van der Waals surface area contributed by atoms with Crippen LogP contribution in [0.3, 0.4) is 0 Å². The van der Waals surface area contributed by atoms with Crippen LogP contribution in [0.4, 0.5) is 0 Å². The summed E-state index contributed by atoms with van der Waals surface area (Å²) in [7, 11) is 0. The fourth-order valence-corrected chi connectivity index (χ4v) is 2.73. The van der Waals surface area contributed by atoms with Gasteiger partial charge in [-0.25, -0.2) is 0 Å². The molecule has 0 spiro atoms.